The van der Waals surface area contributed by atoms with Crippen molar-refractivity contribution in [2.75, 3.05) is 25.6 Å². The number of anilines is 1. The number of imide groups is 1. The van der Waals surface area contributed by atoms with Gasteiger partial charge in [0, 0.05) is 15.7 Å². The molecule has 10 heteroatoms. The minimum atomic E-state index is -0.585. The summed E-state index contributed by atoms with van der Waals surface area (Å²) in [6.45, 7) is 1.18. The lowest BCUT2D eigenvalue weighted by Gasteiger charge is -2.13. The van der Waals surface area contributed by atoms with Crippen LogP contribution in [0.25, 0.3) is 6.08 Å². The minimum absolute atomic E-state index is 0.138. The SMILES string of the molecule is COC(=O)COc1ccc(Br)cc1/C=C1/SC(=O)N(CC(=O)Nc2cccc(C)c2)C1=O. The molecular formula is C22H19BrN2O6S. The molecule has 32 heavy (non-hydrogen) atoms. The summed E-state index contributed by atoms with van der Waals surface area (Å²) in [6, 6.07) is 12.2. The number of ether oxygens (including phenoxy) is 2. The van der Waals surface area contributed by atoms with Gasteiger partial charge in [0.25, 0.3) is 11.1 Å². The summed E-state index contributed by atoms with van der Waals surface area (Å²) < 4.78 is 10.7. The third-order valence-corrected chi connectivity index (χ3v) is 5.71. The number of rotatable bonds is 7. The van der Waals surface area contributed by atoms with E-state index in [1.165, 1.54) is 13.2 Å². The lowest BCUT2D eigenvalue weighted by Crippen LogP contribution is -2.36. The molecule has 166 valence electrons. The van der Waals surface area contributed by atoms with E-state index in [2.05, 4.69) is 26.0 Å². The van der Waals surface area contributed by atoms with Gasteiger partial charge in [0.2, 0.25) is 5.91 Å². The largest absolute Gasteiger partial charge is 0.481 e. The second-order valence-electron chi connectivity index (χ2n) is 6.73. The number of aryl methyl sites for hydroxylation is 1. The Morgan fingerprint density at radius 2 is 1.97 bits per heavy atom. The van der Waals surface area contributed by atoms with Crippen LogP contribution in [0.1, 0.15) is 11.1 Å². The van der Waals surface area contributed by atoms with Crippen LogP contribution in [-0.2, 0) is 19.1 Å². The highest BCUT2D eigenvalue weighted by molar-refractivity contribution is 9.10. The van der Waals surface area contributed by atoms with Gasteiger partial charge in [0.1, 0.15) is 12.3 Å². The number of hydrogen-bond donors (Lipinski definition) is 1. The third kappa shape index (κ3) is 5.98. The zero-order chi connectivity index (χ0) is 23.3. The second kappa shape index (κ2) is 10.5. The Morgan fingerprint density at radius 3 is 2.69 bits per heavy atom. The average molecular weight is 519 g/mol. The van der Waals surface area contributed by atoms with E-state index in [9.17, 15) is 19.2 Å². The van der Waals surface area contributed by atoms with E-state index in [0.29, 0.717) is 21.5 Å². The number of halogens is 1. The number of esters is 1. The fourth-order valence-corrected chi connectivity index (χ4v) is 4.01. The van der Waals surface area contributed by atoms with Gasteiger partial charge in [-0.15, -0.1) is 0 Å². The van der Waals surface area contributed by atoms with E-state index in [1.54, 1.807) is 36.4 Å². The number of methoxy groups -OCH3 is 1. The fourth-order valence-electron chi connectivity index (χ4n) is 2.80. The van der Waals surface area contributed by atoms with Crippen molar-refractivity contribution in [3.05, 3.63) is 63.0 Å². The molecule has 0 radical (unpaired) electrons. The summed E-state index contributed by atoms with van der Waals surface area (Å²) in [7, 11) is 1.25. The van der Waals surface area contributed by atoms with Crippen LogP contribution in [0.5, 0.6) is 5.75 Å². The Balaban J connectivity index is 1.74. The molecule has 8 nitrogen and oxygen atoms in total. The number of carbonyl (C=O) groups excluding carboxylic acids is 4. The Labute approximate surface area is 197 Å². The Kier molecular flexibility index (Phi) is 7.70. The molecule has 1 heterocycles. The molecule has 2 aromatic rings. The van der Waals surface area contributed by atoms with Crippen molar-refractivity contribution >= 4 is 62.5 Å². The maximum atomic E-state index is 12.8. The number of nitrogens with zero attached hydrogens (tertiary/aromatic N) is 1. The van der Waals surface area contributed by atoms with Crippen molar-refractivity contribution in [1.82, 2.24) is 4.90 Å². The smallest absolute Gasteiger partial charge is 0.343 e. The van der Waals surface area contributed by atoms with Gasteiger partial charge in [-0.3, -0.25) is 19.3 Å². The molecule has 3 rings (SSSR count). The summed E-state index contributed by atoms with van der Waals surface area (Å²) in [5.41, 5.74) is 2.04. The van der Waals surface area contributed by atoms with Gasteiger partial charge in [0.05, 0.1) is 12.0 Å². The van der Waals surface area contributed by atoms with Crippen molar-refractivity contribution in [3.63, 3.8) is 0 Å². The molecule has 0 bridgehead atoms. The van der Waals surface area contributed by atoms with E-state index >= 15 is 0 Å². The molecule has 1 N–H and O–H groups in total. The first-order valence-corrected chi connectivity index (χ1v) is 11.0. The maximum absolute atomic E-state index is 12.8. The molecule has 3 amide bonds. The summed E-state index contributed by atoms with van der Waals surface area (Å²) in [5, 5.41) is 2.13. The molecule has 0 atom stereocenters. The number of thioether (sulfide) groups is 1. The molecule has 0 spiro atoms. The van der Waals surface area contributed by atoms with Gasteiger partial charge in [0.15, 0.2) is 6.61 Å². The van der Waals surface area contributed by atoms with Crippen molar-refractivity contribution in [2.45, 2.75) is 6.92 Å². The highest BCUT2D eigenvalue weighted by Crippen LogP contribution is 2.34. The average Bonchev–Trinajstić information content (AvgIpc) is 3.00. The van der Waals surface area contributed by atoms with E-state index in [4.69, 9.17) is 4.74 Å². The molecule has 1 aliphatic heterocycles. The van der Waals surface area contributed by atoms with Crippen molar-refractivity contribution < 1.29 is 28.7 Å². The van der Waals surface area contributed by atoms with Gasteiger partial charge in [-0.2, -0.15) is 0 Å². The van der Waals surface area contributed by atoms with Gasteiger partial charge in [-0.25, -0.2) is 4.79 Å². The number of hydrogen-bond acceptors (Lipinski definition) is 7. The summed E-state index contributed by atoms with van der Waals surface area (Å²) in [4.78, 5) is 49.9. The first-order chi connectivity index (χ1) is 15.3. The zero-order valence-electron chi connectivity index (χ0n) is 17.2. The number of benzene rings is 2. The number of amides is 3. The zero-order valence-corrected chi connectivity index (χ0v) is 19.6. The summed E-state index contributed by atoms with van der Waals surface area (Å²) in [5.74, 6) is -1.29. The first-order valence-electron chi connectivity index (χ1n) is 9.38. The lowest BCUT2D eigenvalue weighted by molar-refractivity contribution is -0.142. The molecule has 0 aromatic heterocycles. The van der Waals surface area contributed by atoms with E-state index in [1.807, 2.05) is 13.0 Å². The molecule has 0 aliphatic carbocycles. The van der Waals surface area contributed by atoms with Crippen LogP contribution in [-0.4, -0.2) is 48.2 Å². The number of carbonyl (C=O) groups is 4. The predicted molar refractivity (Wildman–Crippen MR) is 124 cm³/mol. The lowest BCUT2D eigenvalue weighted by atomic mass is 10.2. The van der Waals surface area contributed by atoms with Crippen LogP contribution < -0.4 is 10.1 Å². The Hall–Kier alpha value is -3.11. The topological polar surface area (TPSA) is 102 Å². The molecule has 1 aliphatic rings. The molecular weight excluding hydrogens is 500 g/mol. The first kappa shape index (κ1) is 23.6. The highest BCUT2D eigenvalue weighted by Gasteiger charge is 2.36. The van der Waals surface area contributed by atoms with Gasteiger partial charge < -0.3 is 14.8 Å². The van der Waals surface area contributed by atoms with Gasteiger partial charge in [-0.1, -0.05) is 28.1 Å². The Morgan fingerprint density at radius 1 is 1.19 bits per heavy atom. The Bertz CT molecular complexity index is 1120. The van der Waals surface area contributed by atoms with Crippen LogP contribution in [0.3, 0.4) is 0 Å². The van der Waals surface area contributed by atoms with Crippen molar-refractivity contribution in [2.24, 2.45) is 0 Å². The predicted octanol–water partition coefficient (Wildman–Crippen LogP) is 3.98. The van der Waals surface area contributed by atoms with Crippen LogP contribution in [0.2, 0.25) is 0 Å². The number of nitrogens with one attached hydrogen (secondary N) is 1. The molecule has 1 saturated heterocycles. The summed E-state index contributed by atoms with van der Waals surface area (Å²) >= 11 is 4.08. The third-order valence-electron chi connectivity index (χ3n) is 4.31. The second-order valence-corrected chi connectivity index (χ2v) is 8.64. The summed E-state index contributed by atoms with van der Waals surface area (Å²) in [6.07, 6.45) is 1.49. The maximum Gasteiger partial charge on any atom is 0.343 e. The monoisotopic (exact) mass is 518 g/mol. The standard InChI is InChI=1S/C22H19BrN2O6S/c1-13-4-3-5-16(8-13)24-19(26)11-25-21(28)18(32-22(25)29)10-14-9-15(23)6-7-17(14)31-12-20(27)30-2/h3-10H,11-12H2,1-2H3,(H,24,26)/b18-10+. The molecule has 0 unspecified atom stereocenters. The van der Waals surface area contributed by atoms with Gasteiger partial charge >= 0.3 is 5.97 Å². The van der Waals surface area contributed by atoms with Crippen LogP contribution in [0, 0.1) is 6.92 Å². The molecule has 1 fully saturated rings. The fraction of sp³-hybridized carbons (Fsp3) is 0.182. The van der Waals surface area contributed by atoms with Crippen molar-refractivity contribution in [1.29, 1.82) is 0 Å². The normalized spacial score (nSPS) is 14.6. The van der Waals surface area contributed by atoms with Crippen LogP contribution >= 0.6 is 27.7 Å². The van der Waals surface area contributed by atoms with E-state index < -0.39 is 29.6 Å². The quantitative estimate of drug-likeness (QED) is 0.436. The highest BCUT2D eigenvalue weighted by atomic mass is 79.9. The van der Waals surface area contributed by atoms with Crippen molar-refractivity contribution in [3.8, 4) is 5.75 Å². The minimum Gasteiger partial charge on any atom is -0.481 e. The van der Waals surface area contributed by atoms with E-state index in [-0.39, 0.29) is 11.5 Å². The molecule has 2 aromatic carbocycles. The van der Waals surface area contributed by atoms with Crippen LogP contribution in [0.4, 0.5) is 10.5 Å². The van der Waals surface area contributed by atoms with E-state index in [0.717, 1.165) is 22.2 Å². The van der Waals surface area contributed by atoms with Crippen LogP contribution in [0.15, 0.2) is 51.8 Å². The molecule has 0 saturated carbocycles. The van der Waals surface area contributed by atoms with Gasteiger partial charge in [-0.05, 0) is 60.7 Å².